The summed E-state index contributed by atoms with van der Waals surface area (Å²) in [7, 11) is 2.94. The summed E-state index contributed by atoms with van der Waals surface area (Å²) in [6.07, 6.45) is 0. The Bertz CT molecular complexity index is 1010. The summed E-state index contributed by atoms with van der Waals surface area (Å²) in [6.45, 7) is 0. The molecule has 1 aromatic heterocycles. The van der Waals surface area contributed by atoms with Crippen LogP contribution in [-0.2, 0) is 0 Å². The van der Waals surface area contributed by atoms with E-state index in [1.54, 1.807) is 36.4 Å². The maximum Gasteiger partial charge on any atom is 0.265 e. The van der Waals surface area contributed by atoms with Crippen molar-refractivity contribution >= 4 is 46.1 Å². The minimum Gasteiger partial charge on any atom is -0.493 e. The van der Waals surface area contributed by atoms with E-state index >= 15 is 0 Å². The highest BCUT2D eigenvalue weighted by molar-refractivity contribution is 7.12. The number of carbonyl (C=O) groups excluding carboxylic acids is 2. The van der Waals surface area contributed by atoms with Gasteiger partial charge in [-0.2, -0.15) is 0 Å². The molecule has 1 heterocycles. The number of methoxy groups -OCH3 is 2. The monoisotopic (exact) mass is 416 g/mol. The fraction of sp³-hybridized carbons (Fsp3) is 0.100. The van der Waals surface area contributed by atoms with Gasteiger partial charge in [0.1, 0.15) is 0 Å². The van der Waals surface area contributed by atoms with Gasteiger partial charge in [0, 0.05) is 16.9 Å². The molecule has 144 valence electrons. The molecule has 3 aromatic rings. The zero-order chi connectivity index (χ0) is 20.1. The first kappa shape index (κ1) is 19.7. The summed E-state index contributed by atoms with van der Waals surface area (Å²) in [4.78, 5) is 25.4. The second-order valence-electron chi connectivity index (χ2n) is 5.66. The number of benzene rings is 2. The molecule has 0 saturated carbocycles. The number of ether oxygens (including phenoxy) is 2. The van der Waals surface area contributed by atoms with Gasteiger partial charge >= 0.3 is 0 Å². The molecule has 6 nitrogen and oxygen atoms in total. The Morgan fingerprint density at radius 2 is 1.64 bits per heavy atom. The molecule has 28 heavy (non-hydrogen) atoms. The van der Waals surface area contributed by atoms with Crippen LogP contribution < -0.4 is 20.1 Å². The number of hydrogen-bond acceptors (Lipinski definition) is 5. The number of rotatable bonds is 6. The Morgan fingerprint density at radius 1 is 0.929 bits per heavy atom. The van der Waals surface area contributed by atoms with Crippen LogP contribution in [0.15, 0.2) is 53.9 Å². The van der Waals surface area contributed by atoms with Crippen LogP contribution in [0.25, 0.3) is 0 Å². The number of amides is 2. The fourth-order valence-electron chi connectivity index (χ4n) is 2.53. The van der Waals surface area contributed by atoms with Crippen LogP contribution in [0.1, 0.15) is 20.0 Å². The van der Waals surface area contributed by atoms with Crippen molar-refractivity contribution < 1.29 is 19.1 Å². The zero-order valence-corrected chi connectivity index (χ0v) is 16.7. The summed E-state index contributed by atoms with van der Waals surface area (Å²) < 4.78 is 10.4. The highest BCUT2D eigenvalue weighted by atomic mass is 35.5. The quantitative estimate of drug-likeness (QED) is 0.597. The summed E-state index contributed by atoms with van der Waals surface area (Å²) >= 11 is 7.51. The topological polar surface area (TPSA) is 76.7 Å². The second kappa shape index (κ2) is 8.77. The van der Waals surface area contributed by atoms with Gasteiger partial charge in [-0.1, -0.05) is 23.7 Å². The molecular formula is C20H17ClN2O4S. The average Bonchev–Trinajstić information content (AvgIpc) is 3.22. The van der Waals surface area contributed by atoms with Crippen molar-refractivity contribution in [2.45, 2.75) is 0 Å². The lowest BCUT2D eigenvalue weighted by molar-refractivity contribution is 0.102. The summed E-state index contributed by atoms with van der Waals surface area (Å²) in [5.41, 5.74) is 1.41. The van der Waals surface area contributed by atoms with Crippen molar-refractivity contribution in [3.05, 3.63) is 69.4 Å². The van der Waals surface area contributed by atoms with E-state index in [2.05, 4.69) is 10.6 Å². The minimum atomic E-state index is -0.371. The largest absolute Gasteiger partial charge is 0.493 e. The van der Waals surface area contributed by atoms with E-state index in [0.29, 0.717) is 33.3 Å². The third kappa shape index (κ3) is 4.44. The Morgan fingerprint density at radius 3 is 2.25 bits per heavy atom. The van der Waals surface area contributed by atoms with Crippen LogP contribution >= 0.6 is 22.9 Å². The molecule has 0 aliphatic rings. The van der Waals surface area contributed by atoms with Crippen LogP contribution in [-0.4, -0.2) is 26.0 Å². The highest BCUT2D eigenvalue weighted by Gasteiger charge is 2.16. The molecule has 0 saturated heterocycles. The zero-order valence-electron chi connectivity index (χ0n) is 15.1. The van der Waals surface area contributed by atoms with Crippen LogP contribution in [0.4, 0.5) is 11.4 Å². The third-order valence-electron chi connectivity index (χ3n) is 3.82. The molecule has 2 N–H and O–H groups in total. The van der Waals surface area contributed by atoms with Gasteiger partial charge in [-0.15, -0.1) is 11.3 Å². The molecule has 2 amide bonds. The molecule has 3 rings (SSSR count). The van der Waals surface area contributed by atoms with Crippen molar-refractivity contribution in [2.24, 2.45) is 0 Å². The molecule has 0 aliphatic heterocycles. The average molecular weight is 417 g/mol. The van der Waals surface area contributed by atoms with Gasteiger partial charge in [-0.25, -0.2) is 0 Å². The van der Waals surface area contributed by atoms with E-state index in [9.17, 15) is 9.59 Å². The summed E-state index contributed by atoms with van der Waals surface area (Å²) in [5.74, 6) is 0.144. The molecule has 8 heteroatoms. The first-order chi connectivity index (χ1) is 13.5. The highest BCUT2D eigenvalue weighted by Crippen LogP contribution is 2.36. The maximum atomic E-state index is 12.6. The maximum absolute atomic E-state index is 12.6. The molecule has 0 spiro atoms. The van der Waals surface area contributed by atoms with Crippen LogP contribution in [0.2, 0.25) is 5.02 Å². The van der Waals surface area contributed by atoms with Crippen molar-refractivity contribution in [2.75, 3.05) is 24.9 Å². The molecule has 0 fully saturated rings. The molecule has 2 aromatic carbocycles. The fourth-order valence-corrected chi connectivity index (χ4v) is 3.43. The first-order valence-corrected chi connectivity index (χ1v) is 9.45. The van der Waals surface area contributed by atoms with Gasteiger partial charge in [0.25, 0.3) is 11.8 Å². The van der Waals surface area contributed by atoms with Crippen LogP contribution in [0.5, 0.6) is 11.5 Å². The van der Waals surface area contributed by atoms with Crippen molar-refractivity contribution in [3.63, 3.8) is 0 Å². The van der Waals surface area contributed by atoms with Crippen molar-refractivity contribution in [1.82, 2.24) is 0 Å². The van der Waals surface area contributed by atoms with E-state index in [0.717, 1.165) is 0 Å². The smallest absolute Gasteiger partial charge is 0.265 e. The van der Waals surface area contributed by atoms with E-state index < -0.39 is 0 Å². The molecule has 0 unspecified atom stereocenters. The number of carbonyl (C=O) groups is 2. The predicted molar refractivity (Wildman–Crippen MR) is 111 cm³/mol. The molecule has 0 atom stereocenters. The number of thiophene rings is 1. The van der Waals surface area contributed by atoms with Gasteiger partial charge < -0.3 is 20.1 Å². The van der Waals surface area contributed by atoms with Gasteiger partial charge in [0.15, 0.2) is 11.5 Å². The molecular weight excluding hydrogens is 400 g/mol. The normalized spacial score (nSPS) is 10.2. The van der Waals surface area contributed by atoms with E-state index in [1.165, 1.54) is 31.6 Å². The summed E-state index contributed by atoms with van der Waals surface area (Å²) in [5, 5.41) is 7.68. The minimum absolute atomic E-state index is 0.204. The van der Waals surface area contributed by atoms with E-state index in [1.807, 2.05) is 11.4 Å². The van der Waals surface area contributed by atoms with Crippen LogP contribution in [0.3, 0.4) is 0 Å². The van der Waals surface area contributed by atoms with Crippen molar-refractivity contribution in [1.29, 1.82) is 0 Å². The lowest BCUT2D eigenvalue weighted by Gasteiger charge is -2.12. The molecule has 0 bridgehead atoms. The van der Waals surface area contributed by atoms with Gasteiger partial charge in [0.2, 0.25) is 0 Å². The Balaban J connectivity index is 1.76. The van der Waals surface area contributed by atoms with Crippen molar-refractivity contribution in [3.8, 4) is 11.5 Å². The lowest BCUT2D eigenvalue weighted by atomic mass is 10.1. The SMILES string of the molecule is COc1cc(C(=O)Nc2cccc(NC(=O)c3cccs3)c2)cc(Cl)c1OC. The number of anilines is 2. The molecule has 0 radical (unpaired) electrons. The predicted octanol–water partition coefficient (Wildman–Crippen LogP) is 4.92. The van der Waals surface area contributed by atoms with E-state index in [4.69, 9.17) is 21.1 Å². The number of hydrogen-bond donors (Lipinski definition) is 2. The second-order valence-corrected chi connectivity index (χ2v) is 7.01. The first-order valence-electron chi connectivity index (χ1n) is 8.19. The van der Waals surface area contributed by atoms with Crippen LogP contribution in [0, 0.1) is 0 Å². The Kier molecular flexibility index (Phi) is 6.18. The third-order valence-corrected chi connectivity index (χ3v) is 4.97. The van der Waals surface area contributed by atoms with Gasteiger partial charge in [-0.3, -0.25) is 9.59 Å². The standard InChI is InChI=1S/C20H17ClN2O4S/c1-26-16-10-12(9-15(21)18(16)27-2)19(24)22-13-5-3-6-14(11-13)23-20(25)17-7-4-8-28-17/h3-11H,1-2H3,(H,22,24)(H,23,25). The number of halogens is 1. The van der Waals surface area contributed by atoms with Gasteiger partial charge in [-0.05, 0) is 41.8 Å². The Hall–Kier alpha value is -3.03. The van der Waals surface area contributed by atoms with Gasteiger partial charge in [0.05, 0.1) is 24.1 Å². The van der Waals surface area contributed by atoms with E-state index in [-0.39, 0.29) is 16.8 Å². The lowest BCUT2D eigenvalue weighted by Crippen LogP contribution is -2.13. The Labute approximate surface area is 171 Å². The number of nitrogens with one attached hydrogen (secondary N) is 2. The summed E-state index contributed by atoms with van der Waals surface area (Å²) in [6, 6.07) is 13.5. The molecule has 0 aliphatic carbocycles.